The third kappa shape index (κ3) is 22.3. The highest BCUT2D eigenvalue weighted by atomic mass is 19.4. The summed E-state index contributed by atoms with van der Waals surface area (Å²) in [6, 6.07) is -0.756. The Balaban J connectivity index is 1.44. The van der Waals surface area contributed by atoms with Crippen molar-refractivity contribution >= 4 is 81.9 Å². The number of aromatic nitrogens is 1. The summed E-state index contributed by atoms with van der Waals surface area (Å²) in [6.07, 6.45) is -7.00. The Morgan fingerprint density at radius 2 is 0.917 bits per heavy atom. The zero-order valence-corrected chi connectivity index (χ0v) is 52.6. The van der Waals surface area contributed by atoms with Crippen molar-refractivity contribution in [3.8, 4) is 5.75 Å². The van der Waals surface area contributed by atoms with Crippen LogP contribution < -0.4 is 65.1 Å². The highest BCUT2D eigenvalue weighted by Gasteiger charge is 2.65. The second-order valence-corrected chi connectivity index (χ2v) is 23.7. The number of aromatic hydroxyl groups is 1. The number of amides is 11. The molecule has 0 radical (unpaired) electrons. The number of alkyl halides is 3. The number of benzene rings is 3. The molecule has 0 unspecified atom stereocenters. The molecular formula is C61H80F3N15O17. The Morgan fingerprint density at radius 3 is 1.38 bits per heavy atom. The van der Waals surface area contributed by atoms with Gasteiger partial charge in [0.2, 0.25) is 65.0 Å². The second kappa shape index (κ2) is 34.9. The number of fused-ring (bicyclic) bond motifs is 1. The molecule has 522 valence electrons. The van der Waals surface area contributed by atoms with E-state index in [-0.39, 0.29) is 42.4 Å². The molecule has 35 heteroatoms. The summed E-state index contributed by atoms with van der Waals surface area (Å²) in [5.41, 5.74) is 14.7. The number of hydrogen-bond donors (Lipinski definition) is 18. The van der Waals surface area contributed by atoms with Gasteiger partial charge >= 0.3 is 17.8 Å². The van der Waals surface area contributed by atoms with Gasteiger partial charge in [-0.1, -0.05) is 82.3 Å². The van der Waals surface area contributed by atoms with Crippen molar-refractivity contribution in [2.45, 2.75) is 151 Å². The smallest absolute Gasteiger partial charge is 0.442 e. The fourth-order valence-corrected chi connectivity index (χ4v) is 9.86. The van der Waals surface area contributed by atoms with Gasteiger partial charge in [0.05, 0.1) is 26.2 Å². The molecule has 0 aliphatic carbocycles. The fourth-order valence-electron chi connectivity index (χ4n) is 9.86. The number of aliphatic hydroxyl groups is 3. The molecule has 0 saturated carbocycles. The van der Waals surface area contributed by atoms with Crippen LogP contribution in [0.5, 0.6) is 5.75 Å². The molecule has 21 N–H and O–H groups in total. The summed E-state index contributed by atoms with van der Waals surface area (Å²) in [6.45, 7) is 3.63. The van der Waals surface area contributed by atoms with Crippen LogP contribution in [0, 0.1) is 11.8 Å². The molecule has 1 aliphatic rings. The Hall–Kier alpha value is -10.1. The van der Waals surface area contributed by atoms with E-state index in [0.29, 0.717) is 22.0 Å². The number of aromatic amines is 1. The minimum atomic E-state index is -4.94. The van der Waals surface area contributed by atoms with E-state index in [0.717, 1.165) is 24.3 Å². The van der Waals surface area contributed by atoms with Gasteiger partial charge in [0.25, 0.3) is 0 Å². The number of para-hydroxylation sites is 1. The van der Waals surface area contributed by atoms with Gasteiger partial charge in [0, 0.05) is 48.3 Å². The number of aliphatic hydroxyl groups excluding tert-OH is 3. The number of rotatable bonds is 38. The topological polar surface area (TPSA) is 533 Å². The molecule has 4 aromatic rings. The summed E-state index contributed by atoms with van der Waals surface area (Å²) >= 11 is 0. The van der Waals surface area contributed by atoms with Crippen molar-refractivity contribution in [2.75, 3.05) is 19.8 Å². The number of nitrogens with two attached hydrogens (primary N) is 3. The molecule has 3 aromatic carbocycles. The Morgan fingerprint density at radius 1 is 0.510 bits per heavy atom. The average Bonchev–Trinajstić information content (AvgIpc) is 1.58. The Bertz CT molecular complexity index is 3470. The first-order valence-electron chi connectivity index (χ1n) is 30.2. The molecule has 32 nitrogen and oxygen atoms in total. The molecule has 0 fully saturated rings. The predicted molar refractivity (Wildman–Crippen MR) is 332 cm³/mol. The molecule has 0 spiro atoms. The number of H-pyrrole nitrogens is 1. The van der Waals surface area contributed by atoms with Crippen molar-refractivity contribution in [3.63, 3.8) is 0 Å². The van der Waals surface area contributed by atoms with Gasteiger partial charge in [-0.3, -0.25) is 52.7 Å². The highest BCUT2D eigenvalue weighted by molar-refractivity contribution is 6.00. The number of carbonyl (C=O) groups excluding carboxylic acids is 11. The molecule has 1 aliphatic heterocycles. The number of hydrogen-bond acceptors (Lipinski definition) is 19. The zero-order chi connectivity index (χ0) is 71.4. The van der Waals surface area contributed by atoms with Gasteiger partial charge in [-0.15, -0.1) is 10.2 Å². The first kappa shape index (κ1) is 76.6. The first-order chi connectivity index (χ1) is 45.2. The maximum atomic E-state index is 14.6. The van der Waals surface area contributed by atoms with Crippen LogP contribution in [-0.2, 0) is 82.5 Å². The van der Waals surface area contributed by atoms with Crippen LogP contribution in [-0.4, -0.2) is 188 Å². The summed E-state index contributed by atoms with van der Waals surface area (Å²) in [5, 5.41) is 77.8. The number of carbonyl (C=O) groups is 12. The van der Waals surface area contributed by atoms with E-state index in [1.807, 2.05) is 0 Å². The van der Waals surface area contributed by atoms with Crippen LogP contribution in [0.25, 0.3) is 10.9 Å². The molecule has 0 saturated heterocycles. The van der Waals surface area contributed by atoms with Crippen LogP contribution >= 0.6 is 0 Å². The number of nitrogens with zero attached hydrogens (tertiary/aromatic N) is 2. The minimum absolute atomic E-state index is 0.0331. The molecule has 1 aromatic heterocycles. The Labute approximate surface area is 546 Å². The highest BCUT2D eigenvalue weighted by Crippen LogP contribution is 2.52. The molecule has 11 amide bonds. The van der Waals surface area contributed by atoms with E-state index < -0.39 is 201 Å². The van der Waals surface area contributed by atoms with Crippen LogP contribution in [0.15, 0.2) is 89.2 Å². The molecule has 0 bridgehead atoms. The van der Waals surface area contributed by atoms with Gasteiger partial charge < -0.3 is 95.6 Å². The van der Waals surface area contributed by atoms with Crippen molar-refractivity contribution in [1.29, 1.82) is 0 Å². The van der Waals surface area contributed by atoms with Gasteiger partial charge in [-0.2, -0.15) is 13.2 Å². The van der Waals surface area contributed by atoms with Crippen molar-refractivity contribution in [3.05, 3.63) is 101 Å². The largest absolute Gasteiger partial charge is 0.508 e. The summed E-state index contributed by atoms with van der Waals surface area (Å²) in [5.74, 6) is -14.8. The molecule has 96 heavy (non-hydrogen) atoms. The van der Waals surface area contributed by atoms with Gasteiger partial charge in [0.1, 0.15) is 66.2 Å². The maximum absolute atomic E-state index is 14.6. The SMILES string of the molecule is CC(C)C[C@H](NC(=O)[C@H](Cc1ccc(O)cc1)NC(=O)[C@H](CCC(N)=O)NC(=O)[C@H](CO)NC(=O)[C@H](Cc1ccc(C2(C(F)(F)F)N=N2)cc1)NC(=O)[C@H](CC(N)=O)NC(=O)[C@H](CC(C)C)NC(=O)[C@@H](N)CO)C(=O)N[C@@H](Cc1c[nH]c2ccccc12)C(=O)N[C@@H](CO)C(=O)O. The van der Waals surface area contributed by atoms with Crippen LogP contribution in [0.2, 0.25) is 0 Å². The van der Waals surface area contributed by atoms with Crippen molar-refractivity contribution in [2.24, 2.45) is 39.3 Å². The molecule has 2 heterocycles. The minimum Gasteiger partial charge on any atom is -0.508 e. The van der Waals surface area contributed by atoms with E-state index >= 15 is 0 Å². The van der Waals surface area contributed by atoms with Crippen LogP contribution in [0.4, 0.5) is 13.2 Å². The third-order valence-electron chi connectivity index (χ3n) is 15.0. The molecule has 10 atom stereocenters. The predicted octanol–water partition coefficient (Wildman–Crippen LogP) is -2.93. The van der Waals surface area contributed by atoms with E-state index in [1.165, 1.54) is 24.3 Å². The number of primary amides is 2. The summed E-state index contributed by atoms with van der Waals surface area (Å²) in [4.78, 5) is 166. The quantitative estimate of drug-likeness (QED) is 0.0214. The number of phenols is 1. The second-order valence-electron chi connectivity index (χ2n) is 23.7. The van der Waals surface area contributed by atoms with Crippen molar-refractivity contribution < 1.29 is 96.2 Å². The van der Waals surface area contributed by atoms with E-state index in [2.05, 4.69) is 63.1 Å². The van der Waals surface area contributed by atoms with Gasteiger partial charge in [0.15, 0.2) is 0 Å². The lowest BCUT2D eigenvalue weighted by Gasteiger charge is -2.28. The maximum Gasteiger partial charge on any atom is 0.442 e. The van der Waals surface area contributed by atoms with Gasteiger partial charge in [-0.05, 0) is 66.0 Å². The van der Waals surface area contributed by atoms with Crippen molar-refractivity contribution in [1.82, 2.24) is 52.8 Å². The molecular weight excluding hydrogens is 1270 g/mol. The lowest BCUT2D eigenvalue weighted by molar-refractivity contribution is -0.166. The average molecular weight is 1350 g/mol. The van der Waals surface area contributed by atoms with Crippen LogP contribution in [0.3, 0.4) is 0 Å². The number of nitrogens with one attached hydrogen (secondary N) is 10. The normalized spacial score (nSPS) is 15.6. The van der Waals surface area contributed by atoms with E-state index in [9.17, 15) is 96.2 Å². The van der Waals surface area contributed by atoms with Gasteiger partial charge in [-0.25, -0.2) is 4.79 Å². The van der Waals surface area contributed by atoms with E-state index in [1.54, 1.807) is 58.2 Å². The number of halogens is 3. The first-order valence-corrected chi connectivity index (χ1v) is 30.2. The lowest BCUT2D eigenvalue weighted by atomic mass is 9.98. The van der Waals surface area contributed by atoms with E-state index in [4.69, 9.17) is 17.2 Å². The van der Waals surface area contributed by atoms with Crippen LogP contribution in [0.1, 0.15) is 82.1 Å². The molecule has 5 rings (SSSR count). The summed E-state index contributed by atoms with van der Waals surface area (Å²) < 4.78 is 41.9. The number of aliphatic carboxylic acids is 1. The lowest BCUT2D eigenvalue weighted by Crippen LogP contribution is -2.61. The number of phenolic OH excluding ortho intramolecular Hbond substituents is 1. The fraction of sp³-hybridized carbons (Fsp3) is 0.475. The third-order valence-corrected chi connectivity index (χ3v) is 15.0. The number of carboxylic acids is 1. The standard InChI is InChI=1S/C61H80F3N15O17/c1-29(2)19-40(70-50(86)37(65)26-80)52(88)75-45(24-49(67)85)57(93)73-43(21-31-9-13-34(14-10-31)60(78-79-60)61(62,63)64)55(91)76-46(27-81)58(94)69-39(17-18-48(66)84)51(87)72-42(22-32-11-15-35(83)16-12-32)54(90)71-41(20-30(3)4)53(89)74-44(56(92)77-47(28-82)59(95)96)23-33-25-68-38-8-6-5-7-36(33)38/h5-16,25,29-30,37,39-47,68,80-83H,17-24,26-28,65H2,1-4H3,(H2,66,84)(H2,67,85)(H,69,94)(H,70,86)(H,71,90)(H,72,87)(H,73,93)(H,74,89)(H,75,88)(H,76,91)(H,77,92)(H,95,96)/t37-,39-,40-,41-,42-,43-,44-,45-,46-,47-/m0/s1. The zero-order valence-electron chi connectivity index (χ0n) is 52.6. The summed E-state index contributed by atoms with van der Waals surface area (Å²) in [7, 11) is 0. The number of carboxylic acid groups (broad SMARTS) is 1. The Kier molecular flexibility index (Phi) is 27.8. The monoisotopic (exact) mass is 1350 g/mol.